The van der Waals surface area contributed by atoms with Crippen LogP contribution in [0.5, 0.6) is 5.75 Å². The Kier molecular flexibility index (Phi) is 2.67. The van der Waals surface area contributed by atoms with E-state index in [9.17, 15) is 8.78 Å². The lowest BCUT2D eigenvalue weighted by Crippen LogP contribution is -1.95. The third-order valence-corrected chi connectivity index (χ3v) is 2.14. The topological polar surface area (TPSA) is 9.23 Å². The SMILES string of the molecule is COc1c(Br)cc(F)c(F)c1C. The largest absolute Gasteiger partial charge is 0.495 e. The van der Waals surface area contributed by atoms with Gasteiger partial charge in [-0.05, 0) is 28.9 Å². The summed E-state index contributed by atoms with van der Waals surface area (Å²) in [5.74, 6) is -1.41. The fourth-order valence-electron chi connectivity index (χ4n) is 0.949. The predicted octanol–water partition coefficient (Wildman–Crippen LogP) is 3.04. The van der Waals surface area contributed by atoms with E-state index < -0.39 is 11.6 Å². The highest BCUT2D eigenvalue weighted by atomic mass is 79.9. The summed E-state index contributed by atoms with van der Waals surface area (Å²) in [5.41, 5.74) is 0.171. The summed E-state index contributed by atoms with van der Waals surface area (Å²) >= 11 is 3.06. The van der Waals surface area contributed by atoms with Crippen molar-refractivity contribution in [2.45, 2.75) is 6.92 Å². The third kappa shape index (κ3) is 1.43. The molecule has 0 saturated carbocycles. The molecule has 1 aromatic carbocycles. The van der Waals surface area contributed by atoms with Crippen LogP contribution >= 0.6 is 15.9 Å². The summed E-state index contributed by atoms with van der Waals surface area (Å²) < 4.78 is 30.9. The molecule has 12 heavy (non-hydrogen) atoms. The highest BCUT2D eigenvalue weighted by Crippen LogP contribution is 2.31. The number of ether oxygens (including phenoxy) is 1. The van der Waals surface area contributed by atoms with Crippen LogP contribution in [0.2, 0.25) is 0 Å². The van der Waals surface area contributed by atoms with Crippen LogP contribution < -0.4 is 4.74 Å². The van der Waals surface area contributed by atoms with Crippen molar-refractivity contribution >= 4 is 15.9 Å². The molecule has 0 fully saturated rings. The van der Waals surface area contributed by atoms with Crippen molar-refractivity contribution in [2.24, 2.45) is 0 Å². The van der Waals surface area contributed by atoms with E-state index in [0.29, 0.717) is 10.2 Å². The quantitative estimate of drug-likeness (QED) is 0.682. The minimum Gasteiger partial charge on any atom is -0.495 e. The number of methoxy groups -OCH3 is 1. The van der Waals surface area contributed by atoms with Crippen molar-refractivity contribution in [3.05, 3.63) is 27.7 Å². The van der Waals surface area contributed by atoms with E-state index in [-0.39, 0.29) is 5.56 Å². The van der Waals surface area contributed by atoms with E-state index >= 15 is 0 Å². The van der Waals surface area contributed by atoms with Crippen LogP contribution in [0.3, 0.4) is 0 Å². The van der Waals surface area contributed by atoms with Gasteiger partial charge in [0.05, 0.1) is 11.6 Å². The second-order valence-electron chi connectivity index (χ2n) is 2.31. The third-order valence-electron chi connectivity index (χ3n) is 1.55. The maximum atomic E-state index is 12.9. The first kappa shape index (κ1) is 9.45. The first-order chi connectivity index (χ1) is 5.57. The number of rotatable bonds is 1. The van der Waals surface area contributed by atoms with E-state index in [1.165, 1.54) is 14.0 Å². The van der Waals surface area contributed by atoms with Crippen LogP contribution in [0, 0.1) is 18.6 Å². The maximum absolute atomic E-state index is 12.9. The molecule has 0 atom stereocenters. The molecule has 0 N–H and O–H groups in total. The molecule has 0 aromatic heterocycles. The summed E-state index contributed by atoms with van der Waals surface area (Å²) in [6.45, 7) is 1.46. The molecule has 4 heteroatoms. The Hall–Kier alpha value is -0.640. The lowest BCUT2D eigenvalue weighted by Gasteiger charge is -2.07. The molecule has 1 aromatic rings. The molecule has 0 amide bonds. The van der Waals surface area contributed by atoms with Gasteiger partial charge in [0.1, 0.15) is 5.75 Å². The normalized spacial score (nSPS) is 10.1. The van der Waals surface area contributed by atoms with Crippen LogP contribution in [0.25, 0.3) is 0 Å². The average molecular weight is 237 g/mol. The summed E-state index contributed by atoms with van der Waals surface area (Å²) in [6, 6.07) is 1.04. The van der Waals surface area contributed by atoms with Crippen LogP contribution in [0.1, 0.15) is 5.56 Å². The van der Waals surface area contributed by atoms with Crippen molar-refractivity contribution in [1.29, 1.82) is 0 Å². The van der Waals surface area contributed by atoms with Crippen LogP contribution in [0.4, 0.5) is 8.78 Å². The van der Waals surface area contributed by atoms with Crippen molar-refractivity contribution in [2.75, 3.05) is 7.11 Å². The number of hydrogen-bond acceptors (Lipinski definition) is 1. The van der Waals surface area contributed by atoms with Gasteiger partial charge >= 0.3 is 0 Å². The fourth-order valence-corrected chi connectivity index (χ4v) is 1.61. The number of halogens is 3. The van der Waals surface area contributed by atoms with Gasteiger partial charge in [-0.1, -0.05) is 0 Å². The number of benzene rings is 1. The Morgan fingerprint density at radius 1 is 1.42 bits per heavy atom. The minimum atomic E-state index is -0.875. The Balaban J connectivity index is 3.40. The lowest BCUT2D eigenvalue weighted by molar-refractivity contribution is 0.398. The molecule has 0 bridgehead atoms. The zero-order valence-corrected chi connectivity index (χ0v) is 8.21. The summed E-state index contributed by atoms with van der Waals surface area (Å²) in [7, 11) is 1.41. The Labute approximate surface area is 77.5 Å². The molecule has 66 valence electrons. The molecule has 1 nitrogen and oxygen atoms in total. The van der Waals surface area contributed by atoms with Gasteiger partial charge < -0.3 is 4.74 Å². The van der Waals surface area contributed by atoms with Gasteiger partial charge in [0.2, 0.25) is 0 Å². The summed E-state index contributed by atoms with van der Waals surface area (Å²) in [6.07, 6.45) is 0. The molecule has 0 unspecified atom stereocenters. The Morgan fingerprint density at radius 2 is 2.00 bits per heavy atom. The standard InChI is InChI=1S/C8H7BrF2O/c1-4-7(11)6(10)3-5(9)8(4)12-2/h3H,1-2H3. The Bertz CT molecular complexity index is 312. The molecule has 0 radical (unpaired) electrons. The zero-order valence-electron chi connectivity index (χ0n) is 6.62. The van der Waals surface area contributed by atoms with E-state index in [4.69, 9.17) is 4.74 Å². The smallest absolute Gasteiger partial charge is 0.165 e. The molecule has 0 heterocycles. The van der Waals surface area contributed by atoms with Gasteiger partial charge in [-0.25, -0.2) is 8.78 Å². The van der Waals surface area contributed by atoms with Gasteiger partial charge in [0.15, 0.2) is 11.6 Å². The molecular weight excluding hydrogens is 230 g/mol. The van der Waals surface area contributed by atoms with Gasteiger partial charge in [-0.3, -0.25) is 0 Å². The molecule has 0 saturated heterocycles. The Morgan fingerprint density at radius 3 is 2.50 bits per heavy atom. The first-order valence-electron chi connectivity index (χ1n) is 3.26. The summed E-state index contributed by atoms with van der Waals surface area (Å²) in [4.78, 5) is 0. The molecule has 0 aliphatic carbocycles. The van der Waals surface area contributed by atoms with Crippen molar-refractivity contribution < 1.29 is 13.5 Å². The van der Waals surface area contributed by atoms with Gasteiger partial charge in [0.25, 0.3) is 0 Å². The summed E-state index contributed by atoms with van der Waals surface area (Å²) in [5, 5.41) is 0. The average Bonchev–Trinajstić information content (AvgIpc) is 2.01. The van der Waals surface area contributed by atoms with E-state index in [0.717, 1.165) is 6.07 Å². The minimum absolute atomic E-state index is 0.171. The molecular formula is C8H7BrF2O. The highest BCUT2D eigenvalue weighted by Gasteiger charge is 2.13. The lowest BCUT2D eigenvalue weighted by atomic mass is 10.2. The second-order valence-corrected chi connectivity index (χ2v) is 3.17. The van der Waals surface area contributed by atoms with Gasteiger partial charge in [0, 0.05) is 5.56 Å². The molecule has 0 aliphatic heterocycles. The molecule has 0 spiro atoms. The van der Waals surface area contributed by atoms with Crippen molar-refractivity contribution in [3.8, 4) is 5.75 Å². The highest BCUT2D eigenvalue weighted by molar-refractivity contribution is 9.10. The first-order valence-corrected chi connectivity index (χ1v) is 4.05. The number of hydrogen-bond donors (Lipinski definition) is 0. The van der Waals surface area contributed by atoms with E-state index in [1.807, 2.05) is 0 Å². The fraction of sp³-hybridized carbons (Fsp3) is 0.250. The van der Waals surface area contributed by atoms with E-state index in [1.54, 1.807) is 0 Å². The van der Waals surface area contributed by atoms with Gasteiger partial charge in [-0.2, -0.15) is 0 Å². The maximum Gasteiger partial charge on any atom is 0.165 e. The monoisotopic (exact) mass is 236 g/mol. The van der Waals surface area contributed by atoms with Gasteiger partial charge in [-0.15, -0.1) is 0 Å². The second kappa shape index (κ2) is 3.39. The van der Waals surface area contributed by atoms with Crippen molar-refractivity contribution in [3.63, 3.8) is 0 Å². The van der Waals surface area contributed by atoms with E-state index in [2.05, 4.69) is 15.9 Å². The van der Waals surface area contributed by atoms with Crippen molar-refractivity contribution in [1.82, 2.24) is 0 Å². The predicted molar refractivity (Wildman–Crippen MR) is 45.3 cm³/mol. The molecule has 1 rings (SSSR count). The zero-order chi connectivity index (χ0) is 9.30. The van der Waals surface area contributed by atoms with Crippen LogP contribution in [-0.2, 0) is 0 Å². The molecule has 0 aliphatic rings. The van der Waals surface area contributed by atoms with Crippen LogP contribution in [-0.4, -0.2) is 7.11 Å². The van der Waals surface area contributed by atoms with Crippen LogP contribution in [0.15, 0.2) is 10.5 Å².